The van der Waals surface area contributed by atoms with Gasteiger partial charge < -0.3 is 0 Å². The van der Waals surface area contributed by atoms with Crippen LogP contribution in [0.5, 0.6) is 0 Å². The van der Waals surface area contributed by atoms with Gasteiger partial charge in [-0.15, -0.1) is 0 Å². The Morgan fingerprint density at radius 3 is 2.55 bits per heavy atom. The van der Waals surface area contributed by atoms with Crippen LogP contribution < -0.4 is 5.43 Å². The molecular formula is C16H15Cl2N3O. The second-order valence-corrected chi connectivity index (χ2v) is 6.76. The summed E-state index contributed by atoms with van der Waals surface area (Å²) in [7, 11) is 0. The van der Waals surface area contributed by atoms with Gasteiger partial charge in [-0.05, 0) is 35.1 Å². The van der Waals surface area contributed by atoms with E-state index >= 15 is 0 Å². The van der Waals surface area contributed by atoms with Crippen molar-refractivity contribution in [3.05, 3.63) is 46.0 Å². The van der Waals surface area contributed by atoms with Gasteiger partial charge in [-0.1, -0.05) is 49.2 Å². The number of carbonyl (C=O) groups excluding carboxylic acids is 1. The van der Waals surface area contributed by atoms with Crippen molar-refractivity contribution in [3.63, 3.8) is 0 Å². The average molecular weight is 336 g/mol. The molecule has 2 rings (SSSR count). The second-order valence-electron chi connectivity index (χ2n) is 5.75. The summed E-state index contributed by atoms with van der Waals surface area (Å²) in [4.78, 5) is 12.1. The molecule has 0 aromatic heterocycles. The summed E-state index contributed by atoms with van der Waals surface area (Å²) in [6.07, 6.45) is 3.23. The molecule has 22 heavy (non-hydrogen) atoms. The third kappa shape index (κ3) is 3.68. The van der Waals surface area contributed by atoms with Crippen molar-refractivity contribution in [1.29, 1.82) is 5.26 Å². The van der Waals surface area contributed by atoms with Gasteiger partial charge in [0.15, 0.2) is 0 Å². The van der Waals surface area contributed by atoms with Gasteiger partial charge in [-0.2, -0.15) is 10.4 Å². The van der Waals surface area contributed by atoms with Crippen molar-refractivity contribution in [3.8, 4) is 6.07 Å². The summed E-state index contributed by atoms with van der Waals surface area (Å²) in [5, 5.41) is 12.7. The predicted molar refractivity (Wildman–Crippen MR) is 87.4 cm³/mol. The molecule has 2 atom stereocenters. The zero-order valence-corrected chi connectivity index (χ0v) is 13.7. The molecule has 6 heteroatoms. The Labute approximate surface area is 139 Å². The van der Waals surface area contributed by atoms with Crippen LogP contribution in [0.1, 0.15) is 25.0 Å². The lowest BCUT2D eigenvalue weighted by Gasteiger charge is -2.01. The van der Waals surface area contributed by atoms with Crippen molar-refractivity contribution in [2.24, 2.45) is 22.4 Å². The molecule has 0 bridgehead atoms. The molecule has 1 amide bonds. The highest BCUT2D eigenvalue weighted by molar-refractivity contribution is 6.55. The van der Waals surface area contributed by atoms with E-state index in [1.807, 2.05) is 19.9 Å². The van der Waals surface area contributed by atoms with E-state index < -0.39 is 0 Å². The number of benzene rings is 1. The summed E-state index contributed by atoms with van der Waals surface area (Å²) in [6.45, 7) is 3.97. The number of nitrogens with zero attached hydrogens (tertiary/aromatic N) is 2. The first kappa shape index (κ1) is 16.5. The van der Waals surface area contributed by atoms with Crippen molar-refractivity contribution in [1.82, 2.24) is 5.43 Å². The maximum atomic E-state index is 12.1. The Morgan fingerprint density at radius 1 is 1.36 bits per heavy atom. The van der Waals surface area contributed by atoms with Crippen molar-refractivity contribution in [2.75, 3.05) is 0 Å². The Balaban J connectivity index is 1.94. The Hall–Kier alpha value is -1.83. The first-order chi connectivity index (χ1) is 10.4. The van der Waals surface area contributed by atoms with E-state index in [-0.39, 0.29) is 27.6 Å². The predicted octanol–water partition coefficient (Wildman–Crippen LogP) is 3.60. The van der Waals surface area contributed by atoms with Gasteiger partial charge in [0.1, 0.15) is 4.49 Å². The molecule has 1 N–H and O–H groups in total. The van der Waals surface area contributed by atoms with E-state index in [9.17, 15) is 4.79 Å². The molecule has 1 aliphatic rings. The topological polar surface area (TPSA) is 65.2 Å². The van der Waals surface area contributed by atoms with E-state index in [4.69, 9.17) is 28.5 Å². The summed E-state index contributed by atoms with van der Waals surface area (Å²) < 4.78 is 0.175. The van der Waals surface area contributed by atoms with Gasteiger partial charge in [0.2, 0.25) is 5.91 Å². The van der Waals surface area contributed by atoms with E-state index in [1.54, 1.807) is 30.3 Å². The minimum atomic E-state index is -0.196. The van der Waals surface area contributed by atoms with Gasteiger partial charge in [0.25, 0.3) is 0 Å². The van der Waals surface area contributed by atoms with Crippen LogP contribution in [-0.4, -0.2) is 12.1 Å². The molecule has 0 spiro atoms. The lowest BCUT2D eigenvalue weighted by molar-refractivity contribution is -0.123. The number of carbonyl (C=O) groups is 1. The van der Waals surface area contributed by atoms with Crippen LogP contribution in [0.15, 0.2) is 39.9 Å². The highest BCUT2D eigenvalue weighted by Crippen LogP contribution is 2.59. The summed E-state index contributed by atoms with van der Waals surface area (Å²) in [5.41, 5.74) is 3.73. The molecule has 0 radical (unpaired) electrons. The Bertz CT molecular complexity index is 668. The fourth-order valence-electron chi connectivity index (χ4n) is 2.51. The Morgan fingerprint density at radius 2 is 2.00 bits per heavy atom. The Kier molecular flexibility index (Phi) is 4.90. The van der Waals surface area contributed by atoms with Gasteiger partial charge in [-0.25, -0.2) is 5.43 Å². The number of allylic oxidation sites excluding steroid dienone is 1. The quantitative estimate of drug-likeness (QED) is 0.674. The smallest absolute Gasteiger partial charge is 0.244 e. The fourth-order valence-corrected chi connectivity index (χ4v) is 2.78. The van der Waals surface area contributed by atoms with Gasteiger partial charge >= 0.3 is 0 Å². The molecule has 4 nitrogen and oxygen atoms in total. The van der Waals surface area contributed by atoms with Gasteiger partial charge in [0, 0.05) is 0 Å². The number of hydrogen-bond donors (Lipinski definition) is 1. The number of nitrogens with one attached hydrogen (secondary N) is 1. The molecule has 1 aromatic carbocycles. The lowest BCUT2D eigenvalue weighted by atomic mass is 10.1. The first-order valence-corrected chi connectivity index (χ1v) is 7.47. The van der Waals surface area contributed by atoms with Crippen LogP contribution in [0.4, 0.5) is 0 Å². The first-order valence-electron chi connectivity index (χ1n) is 6.72. The minimum absolute atomic E-state index is 0.0163. The SMILES string of the molecule is CC1(C)[C@H](C=C(Cl)Cl)[C@@H]1C(=O)N/N=C\c1ccc(C#N)cc1. The summed E-state index contributed by atoms with van der Waals surface area (Å²) >= 11 is 11.3. The summed E-state index contributed by atoms with van der Waals surface area (Å²) in [5.74, 6) is -0.341. The molecule has 0 unspecified atom stereocenters. The van der Waals surface area contributed by atoms with Crippen LogP contribution >= 0.6 is 23.2 Å². The fraction of sp³-hybridized carbons (Fsp3) is 0.312. The van der Waals surface area contributed by atoms with Crippen LogP contribution in [-0.2, 0) is 4.79 Å². The lowest BCUT2D eigenvalue weighted by Crippen LogP contribution is -2.21. The number of halogens is 2. The number of amides is 1. The third-order valence-electron chi connectivity index (χ3n) is 3.93. The van der Waals surface area contributed by atoms with E-state index in [0.717, 1.165) is 5.56 Å². The van der Waals surface area contributed by atoms with Crippen molar-refractivity contribution >= 4 is 35.3 Å². The number of nitriles is 1. The molecule has 114 valence electrons. The van der Waals surface area contributed by atoms with E-state index in [1.165, 1.54) is 6.21 Å². The molecule has 1 aromatic rings. The highest BCUT2D eigenvalue weighted by atomic mass is 35.5. The molecular weight excluding hydrogens is 321 g/mol. The van der Waals surface area contributed by atoms with Crippen LogP contribution in [0, 0.1) is 28.6 Å². The second kappa shape index (κ2) is 6.51. The standard InChI is InChI=1S/C16H15Cl2N3O/c1-16(2)12(7-13(17)18)14(16)15(22)21-20-9-11-5-3-10(8-19)4-6-11/h3-7,9,12,14H,1-2H3,(H,21,22)/b20-9-/t12-,14-/m1/s1. The monoisotopic (exact) mass is 335 g/mol. The van der Waals surface area contributed by atoms with Crippen LogP contribution in [0.3, 0.4) is 0 Å². The van der Waals surface area contributed by atoms with Crippen molar-refractivity contribution in [2.45, 2.75) is 13.8 Å². The molecule has 0 heterocycles. The maximum Gasteiger partial charge on any atom is 0.244 e. The van der Waals surface area contributed by atoms with Crippen molar-refractivity contribution < 1.29 is 4.79 Å². The molecule has 1 fully saturated rings. The minimum Gasteiger partial charge on any atom is -0.273 e. The zero-order chi connectivity index (χ0) is 16.3. The molecule has 1 saturated carbocycles. The largest absolute Gasteiger partial charge is 0.273 e. The maximum absolute atomic E-state index is 12.1. The van der Waals surface area contributed by atoms with Gasteiger partial charge in [0.05, 0.1) is 23.8 Å². The number of rotatable bonds is 4. The van der Waals surface area contributed by atoms with Crippen LogP contribution in [0.25, 0.3) is 0 Å². The number of hydrogen-bond acceptors (Lipinski definition) is 3. The zero-order valence-electron chi connectivity index (χ0n) is 12.2. The number of hydrazone groups is 1. The normalized spacial score (nSPS) is 22.0. The third-order valence-corrected chi connectivity index (χ3v) is 4.18. The van der Waals surface area contributed by atoms with Crippen LogP contribution in [0.2, 0.25) is 0 Å². The van der Waals surface area contributed by atoms with E-state index in [0.29, 0.717) is 5.56 Å². The van der Waals surface area contributed by atoms with Gasteiger partial charge in [-0.3, -0.25) is 4.79 Å². The molecule has 0 saturated heterocycles. The highest BCUT2D eigenvalue weighted by Gasteiger charge is 2.60. The average Bonchev–Trinajstić information content (AvgIpc) is 2.99. The molecule has 1 aliphatic carbocycles. The van der Waals surface area contributed by atoms with E-state index in [2.05, 4.69) is 10.5 Å². The molecule has 0 aliphatic heterocycles. The summed E-state index contributed by atoms with van der Waals surface area (Å²) in [6, 6.07) is 8.94.